The molecule has 2 heterocycles. The van der Waals surface area contributed by atoms with E-state index in [1.807, 2.05) is 31.2 Å². The molecular weight excluding hydrogens is 310 g/mol. The molecule has 0 atom stereocenters. The first-order chi connectivity index (χ1) is 11.6. The van der Waals surface area contributed by atoms with Gasteiger partial charge in [-0.3, -0.25) is 4.98 Å². The third-order valence-electron chi connectivity index (χ3n) is 3.46. The van der Waals surface area contributed by atoms with Crippen LogP contribution in [0.3, 0.4) is 0 Å². The maximum atomic E-state index is 12.4. The second-order valence-electron chi connectivity index (χ2n) is 5.16. The Labute approximate surface area is 138 Å². The van der Waals surface area contributed by atoms with Crippen molar-refractivity contribution >= 4 is 22.8 Å². The largest absolute Gasteiger partial charge is 0.463 e. The Morgan fingerprint density at radius 1 is 1.12 bits per heavy atom. The molecule has 3 rings (SSSR count). The van der Waals surface area contributed by atoms with Crippen LogP contribution in [0.1, 0.15) is 32.4 Å². The fourth-order valence-corrected chi connectivity index (χ4v) is 2.36. The van der Waals surface area contributed by atoms with E-state index in [1.165, 1.54) is 13.2 Å². The molecule has 6 nitrogen and oxygen atoms in total. The number of furan rings is 1. The number of ether oxygens (including phenoxy) is 2. The summed E-state index contributed by atoms with van der Waals surface area (Å²) in [5.74, 6) is -0.636. The van der Waals surface area contributed by atoms with E-state index in [0.29, 0.717) is 11.3 Å². The number of esters is 2. The van der Waals surface area contributed by atoms with Crippen LogP contribution >= 0.6 is 0 Å². The van der Waals surface area contributed by atoms with E-state index in [0.717, 1.165) is 16.6 Å². The van der Waals surface area contributed by atoms with Gasteiger partial charge in [-0.25, -0.2) is 9.59 Å². The highest BCUT2D eigenvalue weighted by atomic mass is 16.5. The number of aryl methyl sites for hydroxylation is 1. The lowest BCUT2D eigenvalue weighted by atomic mass is 10.1. The van der Waals surface area contributed by atoms with Gasteiger partial charge in [-0.2, -0.15) is 0 Å². The highest BCUT2D eigenvalue weighted by molar-refractivity contribution is 6.03. The summed E-state index contributed by atoms with van der Waals surface area (Å²) >= 11 is 0. The second kappa shape index (κ2) is 6.54. The first-order valence-corrected chi connectivity index (χ1v) is 7.29. The normalized spacial score (nSPS) is 10.6. The zero-order chi connectivity index (χ0) is 17.1. The smallest absolute Gasteiger partial charge is 0.373 e. The van der Waals surface area contributed by atoms with Crippen molar-refractivity contribution in [2.45, 2.75) is 13.5 Å². The molecule has 0 saturated heterocycles. The van der Waals surface area contributed by atoms with Crippen molar-refractivity contribution in [1.29, 1.82) is 0 Å². The van der Waals surface area contributed by atoms with Crippen molar-refractivity contribution in [1.82, 2.24) is 4.98 Å². The molecule has 6 heteroatoms. The molecule has 0 radical (unpaired) electrons. The molecule has 0 unspecified atom stereocenters. The molecule has 122 valence electrons. The molecular formula is C18H15NO5. The Balaban J connectivity index is 1.78. The topological polar surface area (TPSA) is 78.6 Å². The van der Waals surface area contributed by atoms with Crippen molar-refractivity contribution in [3.05, 3.63) is 65.2 Å². The maximum absolute atomic E-state index is 12.4. The number of rotatable bonds is 4. The van der Waals surface area contributed by atoms with E-state index < -0.39 is 11.9 Å². The Hall–Kier alpha value is -3.15. The van der Waals surface area contributed by atoms with Crippen LogP contribution in [-0.4, -0.2) is 24.0 Å². The van der Waals surface area contributed by atoms with Crippen LogP contribution in [0, 0.1) is 6.92 Å². The number of carbonyl (C=O) groups excluding carboxylic acids is 2. The lowest BCUT2D eigenvalue weighted by Crippen LogP contribution is -2.07. The van der Waals surface area contributed by atoms with Crippen LogP contribution in [0.15, 0.2) is 46.9 Å². The fraction of sp³-hybridized carbons (Fsp3) is 0.167. The van der Waals surface area contributed by atoms with Gasteiger partial charge in [-0.05, 0) is 31.2 Å². The molecule has 0 N–H and O–H groups in total. The number of nitrogens with zero attached hydrogens (tertiary/aromatic N) is 1. The summed E-state index contributed by atoms with van der Waals surface area (Å²) in [5, 5.41) is 0.725. The predicted octanol–water partition coefficient (Wildman–Crippen LogP) is 3.28. The number of aromatic nitrogens is 1. The van der Waals surface area contributed by atoms with Crippen LogP contribution in [0.2, 0.25) is 0 Å². The third-order valence-corrected chi connectivity index (χ3v) is 3.46. The van der Waals surface area contributed by atoms with Crippen molar-refractivity contribution in [2.24, 2.45) is 0 Å². The number of methoxy groups -OCH3 is 1. The number of pyridine rings is 1. The summed E-state index contributed by atoms with van der Waals surface area (Å²) < 4.78 is 15.1. The maximum Gasteiger partial charge on any atom is 0.373 e. The molecule has 0 bridgehead atoms. The molecule has 0 aliphatic carbocycles. The SMILES string of the molecule is COC(=O)c1ccc(COC(=O)c2cc(C)nc3ccccc23)o1. The van der Waals surface area contributed by atoms with Crippen molar-refractivity contribution in [3.8, 4) is 0 Å². The minimum Gasteiger partial charge on any atom is -0.463 e. The van der Waals surface area contributed by atoms with Gasteiger partial charge in [-0.15, -0.1) is 0 Å². The van der Waals surface area contributed by atoms with Crippen molar-refractivity contribution < 1.29 is 23.5 Å². The summed E-state index contributed by atoms with van der Waals surface area (Å²) in [7, 11) is 1.27. The molecule has 0 saturated carbocycles. The molecule has 1 aromatic carbocycles. The monoisotopic (exact) mass is 325 g/mol. The average Bonchev–Trinajstić information content (AvgIpc) is 3.07. The van der Waals surface area contributed by atoms with Gasteiger partial charge in [0.2, 0.25) is 5.76 Å². The van der Waals surface area contributed by atoms with Crippen LogP contribution in [0.4, 0.5) is 0 Å². The first kappa shape index (κ1) is 15.7. The molecule has 0 aliphatic rings. The predicted molar refractivity (Wildman–Crippen MR) is 85.6 cm³/mol. The summed E-state index contributed by atoms with van der Waals surface area (Å²) in [6, 6.07) is 12.1. The lowest BCUT2D eigenvalue weighted by Gasteiger charge is -2.07. The summed E-state index contributed by atoms with van der Waals surface area (Å²) in [4.78, 5) is 28.1. The Bertz CT molecular complexity index is 913. The number of benzene rings is 1. The van der Waals surface area contributed by atoms with Gasteiger partial charge in [0, 0.05) is 11.1 Å². The molecule has 3 aromatic rings. The molecule has 0 amide bonds. The van der Waals surface area contributed by atoms with Crippen molar-refractivity contribution in [2.75, 3.05) is 7.11 Å². The number of hydrogen-bond acceptors (Lipinski definition) is 6. The van der Waals surface area contributed by atoms with Gasteiger partial charge in [0.25, 0.3) is 0 Å². The summed E-state index contributed by atoms with van der Waals surface area (Å²) in [5.41, 5.74) is 1.90. The van der Waals surface area contributed by atoms with Crippen molar-refractivity contribution in [3.63, 3.8) is 0 Å². The van der Waals surface area contributed by atoms with Gasteiger partial charge in [-0.1, -0.05) is 18.2 Å². The van der Waals surface area contributed by atoms with Gasteiger partial charge in [0.05, 0.1) is 18.2 Å². The van der Waals surface area contributed by atoms with Crippen LogP contribution in [0.25, 0.3) is 10.9 Å². The van der Waals surface area contributed by atoms with Crippen LogP contribution in [0.5, 0.6) is 0 Å². The Kier molecular flexibility index (Phi) is 4.29. The van der Waals surface area contributed by atoms with Gasteiger partial charge < -0.3 is 13.9 Å². The Morgan fingerprint density at radius 3 is 2.71 bits per heavy atom. The van der Waals surface area contributed by atoms with E-state index in [2.05, 4.69) is 9.72 Å². The minimum absolute atomic E-state index is 0.0637. The van der Waals surface area contributed by atoms with Gasteiger partial charge >= 0.3 is 11.9 Å². The zero-order valence-electron chi connectivity index (χ0n) is 13.2. The van der Waals surface area contributed by atoms with E-state index in [-0.39, 0.29) is 12.4 Å². The third kappa shape index (κ3) is 3.12. The van der Waals surface area contributed by atoms with Crippen LogP contribution < -0.4 is 0 Å². The first-order valence-electron chi connectivity index (χ1n) is 7.29. The molecule has 0 fully saturated rings. The number of hydrogen-bond donors (Lipinski definition) is 0. The van der Waals surface area contributed by atoms with E-state index in [9.17, 15) is 9.59 Å². The quantitative estimate of drug-likeness (QED) is 0.685. The molecule has 2 aromatic heterocycles. The van der Waals surface area contributed by atoms with Gasteiger partial charge in [0.15, 0.2) is 0 Å². The van der Waals surface area contributed by atoms with E-state index >= 15 is 0 Å². The highest BCUT2D eigenvalue weighted by Crippen LogP contribution is 2.20. The second-order valence-corrected chi connectivity index (χ2v) is 5.16. The summed E-state index contributed by atoms with van der Waals surface area (Å²) in [6.45, 7) is 1.74. The molecule has 24 heavy (non-hydrogen) atoms. The molecule has 0 aliphatic heterocycles. The fourth-order valence-electron chi connectivity index (χ4n) is 2.36. The van der Waals surface area contributed by atoms with E-state index in [4.69, 9.17) is 9.15 Å². The highest BCUT2D eigenvalue weighted by Gasteiger charge is 2.15. The van der Waals surface area contributed by atoms with Crippen LogP contribution in [-0.2, 0) is 16.1 Å². The lowest BCUT2D eigenvalue weighted by molar-refractivity contribution is 0.0440. The zero-order valence-corrected chi connectivity index (χ0v) is 13.2. The number of para-hydroxylation sites is 1. The van der Waals surface area contributed by atoms with E-state index in [1.54, 1.807) is 12.1 Å². The number of fused-ring (bicyclic) bond motifs is 1. The number of carbonyl (C=O) groups is 2. The molecule has 0 spiro atoms. The summed E-state index contributed by atoms with van der Waals surface area (Å²) in [6.07, 6.45) is 0. The average molecular weight is 325 g/mol. The minimum atomic E-state index is -0.580. The standard InChI is InChI=1S/C18H15NO5/c1-11-9-14(13-5-3-4-6-15(13)19-11)17(20)23-10-12-7-8-16(24-12)18(21)22-2/h3-9H,10H2,1-2H3. The Morgan fingerprint density at radius 2 is 1.92 bits per heavy atom. The van der Waals surface area contributed by atoms with Gasteiger partial charge in [0.1, 0.15) is 12.4 Å².